The molecule has 162 valence electrons. The van der Waals surface area contributed by atoms with Gasteiger partial charge in [0.15, 0.2) is 0 Å². The van der Waals surface area contributed by atoms with Crippen molar-refractivity contribution >= 4 is 16.0 Å². The molecule has 1 atom stereocenters. The molecule has 7 nitrogen and oxygen atoms in total. The molecule has 2 aromatic carbocycles. The topological polar surface area (TPSA) is 116 Å². The first-order valence-electron chi connectivity index (χ1n) is 8.99. The summed E-state index contributed by atoms with van der Waals surface area (Å²) >= 11 is 0. The van der Waals surface area contributed by atoms with Gasteiger partial charge < -0.3 is 14.6 Å². The van der Waals surface area contributed by atoms with E-state index in [1.54, 1.807) is 32.0 Å². The van der Waals surface area contributed by atoms with Crippen molar-refractivity contribution in [3.63, 3.8) is 0 Å². The van der Waals surface area contributed by atoms with Gasteiger partial charge in [0, 0.05) is 12.0 Å². The van der Waals surface area contributed by atoms with Crippen LogP contribution in [0.4, 0.5) is 8.78 Å². The third-order valence-corrected chi connectivity index (χ3v) is 5.58. The zero-order chi connectivity index (χ0) is 22.3. The third kappa shape index (κ3) is 4.71. The Morgan fingerprint density at radius 2 is 2.00 bits per heavy atom. The zero-order valence-corrected chi connectivity index (χ0v) is 17.1. The van der Waals surface area contributed by atoms with Crippen LogP contribution < -0.4 is 14.6 Å². The molecule has 0 bridgehead atoms. The summed E-state index contributed by atoms with van der Waals surface area (Å²) in [5.41, 5.74) is 0.472. The molecule has 0 spiro atoms. The third-order valence-electron chi connectivity index (χ3n) is 4.85. The summed E-state index contributed by atoms with van der Waals surface area (Å²) < 4.78 is 59.4. The van der Waals surface area contributed by atoms with Gasteiger partial charge in [-0.2, -0.15) is 8.78 Å². The summed E-state index contributed by atoms with van der Waals surface area (Å²) in [6, 6.07) is 9.10. The van der Waals surface area contributed by atoms with Crippen LogP contribution in [0.25, 0.3) is 11.1 Å². The number of carbonyl (C=O) groups is 1. The number of carboxylic acid groups (broad SMARTS) is 1. The minimum Gasteiger partial charge on any atom is -0.485 e. The van der Waals surface area contributed by atoms with Gasteiger partial charge in [-0.15, -0.1) is 0 Å². The van der Waals surface area contributed by atoms with Gasteiger partial charge in [0.2, 0.25) is 10.0 Å². The van der Waals surface area contributed by atoms with Crippen LogP contribution in [0.2, 0.25) is 0 Å². The number of ether oxygens (including phenoxy) is 2. The van der Waals surface area contributed by atoms with E-state index >= 15 is 0 Å². The second kappa shape index (κ2) is 7.84. The average molecular weight is 441 g/mol. The molecular weight excluding hydrogens is 420 g/mol. The maximum absolute atomic E-state index is 12.9. The largest absolute Gasteiger partial charge is 0.485 e. The predicted octanol–water partition coefficient (Wildman–Crippen LogP) is 3.68. The molecule has 0 fully saturated rings. The quantitative estimate of drug-likeness (QED) is 0.677. The fourth-order valence-electron chi connectivity index (χ4n) is 3.42. The Kier molecular flexibility index (Phi) is 5.74. The highest BCUT2D eigenvalue weighted by Gasteiger charge is 2.37. The van der Waals surface area contributed by atoms with E-state index in [-0.39, 0.29) is 17.9 Å². The van der Waals surface area contributed by atoms with Crippen LogP contribution in [0, 0.1) is 5.41 Å². The van der Waals surface area contributed by atoms with E-state index in [0.29, 0.717) is 22.3 Å². The summed E-state index contributed by atoms with van der Waals surface area (Å²) in [6.45, 7) is 0.0295. The molecule has 30 heavy (non-hydrogen) atoms. The van der Waals surface area contributed by atoms with Gasteiger partial charge in [0.1, 0.15) is 17.6 Å². The van der Waals surface area contributed by atoms with Crippen LogP contribution in [0.1, 0.15) is 37.5 Å². The van der Waals surface area contributed by atoms with Crippen LogP contribution in [0.15, 0.2) is 36.4 Å². The zero-order valence-electron chi connectivity index (χ0n) is 16.3. The number of nitrogens with two attached hydrogens (primary N) is 1. The minimum absolute atomic E-state index is 0.0630. The number of sulfonamides is 1. The van der Waals surface area contributed by atoms with Crippen LogP contribution in [0.5, 0.6) is 11.5 Å². The van der Waals surface area contributed by atoms with Gasteiger partial charge >= 0.3 is 12.6 Å². The summed E-state index contributed by atoms with van der Waals surface area (Å²) in [5, 5.41) is 14.6. The highest BCUT2D eigenvalue weighted by Crippen LogP contribution is 2.50. The van der Waals surface area contributed by atoms with Gasteiger partial charge in [-0.05, 0) is 37.1 Å². The number of primary sulfonamides is 1. The number of benzene rings is 2. The highest BCUT2D eigenvalue weighted by atomic mass is 32.2. The average Bonchev–Trinajstić information content (AvgIpc) is 2.59. The minimum atomic E-state index is -3.81. The van der Waals surface area contributed by atoms with Crippen LogP contribution in [0.3, 0.4) is 0 Å². The van der Waals surface area contributed by atoms with E-state index in [1.165, 1.54) is 18.2 Å². The van der Waals surface area contributed by atoms with Crippen molar-refractivity contribution in [3.8, 4) is 22.6 Å². The van der Waals surface area contributed by atoms with Gasteiger partial charge in [0.05, 0.1) is 16.7 Å². The highest BCUT2D eigenvalue weighted by molar-refractivity contribution is 7.88. The Morgan fingerprint density at radius 3 is 2.60 bits per heavy atom. The summed E-state index contributed by atoms with van der Waals surface area (Å²) in [7, 11) is -3.81. The molecule has 0 saturated carbocycles. The maximum atomic E-state index is 12.9. The van der Waals surface area contributed by atoms with E-state index < -0.39 is 39.9 Å². The fraction of sp³-hybridized carbons (Fsp3) is 0.350. The summed E-state index contributed by atoms with van der Waals surface area (Å²) in [6.07, 6.45) is -0.686. The van der Waals surface area contributed by atoms with E-state index in [2.05, 4.69) is 4.74 Å². The normalized spacial score (nSPS) is 15.9. The van der Waals surface area contributed by atoms with Crippen molar-refractivity contribution in [2.75, 3.05) is 0 Å². The van der Waals surface area contributed by atoms with E-state index in [9.17, 15) is 27.1 Å². The van der Waals surface area contributed by atoms with Gasteiger partial charge in [-0.1, -0.05) is 24.3 Å². The fourth-order valence-corrected chi connectivity index (χ4v) is 4.06. The molecule has 2 aromatic rings. The first kappa shape index (κ1) is 22.0. The number of hydrogen-bond donors (Lipinski definition) is 2. The number of rotatable bonds is 7. The molecule has 1 heterocycles. The van der Waals surface area contributed by atoms with Crippen molar-refractivity contribution in [2.24, 2.45) is 10.6 Å². The van der Waals surface area contributed by atoms with Gasteiger partial charge in [-0.3, -0.25) is 4.79 Å². The Labute approximate surface area is 172 Å². The van der Waals surface area contributed by atoms with Gasteiger partial charge in [-0.25, -0.2) is 13.6 Å². The van der Waals surface area contributed by atoms with Crippen LogP contribution in [-0.4, -0.2) is 26.1 Å². The number of hydrogen-bond acceptors (Lipinski definition) is 5. The van der Waals surface area contributed by atoms with Crippen molar-refractivity contribution in [1.29, 1.82) is 0 Å². The molecule has 0 radical (unpaired) electrons. The Morgan fingerprint density at radius 1 is 1.30 bits per heavy atom. The van der Waals surface area contributed by atoms with Gasteiger partial charge in [0.25, 0.3) is 0 Å². The maximum Gasteiger partial charge on any atom is 0.387 e. The summed E-state index contributed by atoms with van der Waals surface area (Å²) in [5.74, 6) is -1.30. The van der Waals surface area contributed by atoms with Crippen molar-refractivity contribution in [1.82, 2.24) is 0 Å². The molecule has 1 aliphatic rings. The standard InChI is InChI=1S/C20H21F2NO6S/c1-20(2,18(24)25)9-16-13-8-11(10-30(23,26)27)6-7-12(13)17-14(28-16)4-3-5-15(17)29-19(21)22/h3-8,16,19H,9-10H2,1-2H3,(H,24,25)(H2,23,26,27). The second-order valence-corrected chi connectivity index (χ2v) is 9.35. The van der Waals surface area contributed by atoms with E-state index in [4.69, 9.17) is 9.88 Å². The first-order chi connectivity index (χ1) is 13.9. The molecule has 1 unspecified atom stereocenters. The number of aliphatic carboxylic acids is 1. The second-order valence-electron chi connectivity index (χ2n) is 7.74. The lowest BCUT2D eigenvalue weighted by Gasteiger charge is -2.33. The number of fused-ring (bicyclic) bond motifs is 3. The van der Waals surface area contributed by atoms with Crippen molar-refractivity contribution < 1.29 is 36.6 Å². The molecule has 0 aromatic heterocycles. The molecule has 0 saturated heterocycles. The molecule has 3 rings (SSSR count). The van der Waals surface area contributed by atoms with E-state index in [0.717, 1.165) is 0 Å². The molecule has 3 N–H and O–H groups in total. The number of carboxylic acids is 1. The Balaban J connectivity index is 2.16. The summed E-state index contributed by atoms with van der Waals surface area (Å²) in [4.78, 5) is 11.6. The molecule has 0 amide bonds. The smallest absolute Gasteiger partial charge is 0.387 e. The van der Waals surface area contributed by atoms with Crippen molar-refractivity contribution in [3.05, 3.63) is 47.5 Å². The Hall–Kier alpha value is -2.72. The lowest BCUT2D eigenvalue weighted by molar-refractivity contribution is -0.148. The van der Waals surface area contributed by atoms with Crippen molar-refractivity contribution in [2.45, 2.75) is 38.7 Å². The predicted molar refractivity (Wildman–Crippen MR) is 105 cm³/mol. The number of alkyl halides is 2. The van der Waals surface area contributed by atoms with E-state index in [1.807, 2.05) is 0 Å². The molecular formula is C20H21F2NO6S. The lowest BCUT2D eigenvalue weighted by Crippen LogP contribution is -2.29. The lowest BCUT2D eigenvalue weighted by atomic mass is 9.81. The molecule has 1 aliphatic heterocycles. The monoisotopic (exact) mass is 441 g/mol. The first-order valence-corrected chi connectivity index (χ1v) is 10.7. The number of halogens is 2. The van der Waals surface area contributed by atoms with Crippen LogP contribution in [-0.2, 0) is 20.6 Å². The Bertz CT molecular complexity index is 1080. The SMILES string of the molecule is CC(C)(CC1Oc2cccc(OC(F)F)c2-c2ccc(CS(N)(=O)=O)cc21)C(=O)O. The van der Waals surface area contributed by atoms with Crippen LogP contribution >= 0.6 is 0 Å². The molecule has 0 aliphatic carbocycles. The molecule has 10 heteroatoms.